The molecule has 0 spiro atoms. The molecular weight excluding hydrogens is 354 g/mol. The zero-order chi connectivity index (χ0) is 19.7. The number of hydrogen-bond acceptors (Lipinski definition) is 8. The highest BCUT2D eigenvalue weighted by Gasteiger charge is 2.18. The molecule has 1 unspecified atom stereocenters. The Balaban J connectivity index is 1.79. The fraction of sp³-hybridized carbons (Fsp3) is 0.105. The second kappa shape index (κ2) is 6.85. The minimum absolute atomic E-state index is 0.00524. The molecule has 4 rings (SSSR count). The summed E-state index contributed by atoms with van der Waals surface area (Å²) in [7, 11) is 0. The van der Waals surface area contributed by atoms with Gasteiger partial charge in [0, 0.05) is 35.7 Å². The summed E-state index contributed by atoms with van der Waals surface area (Å²) in [5.41, 5.74) is 14.6. The maximum atomic E-state index is 9.39. The highest BCUT2D eigenvalue weighted by atomic mass is 15.1. The molecule has 0 aliphatic rings. The monoisotopic (exact) mass is 371 g/mol. The lowest BCUT2D eigenvalue weighted by molar-refractivity contribution is 0.874. The summed E-state index contributed by atoms with van der Waals surface area (Å²) in [4.78, 5) is 16.4. The maximum absolute atomic E-state index is 9.39. The molecule has 0 radical (unpaired) electrons. The van der Waals surface area contributed by atoms with Crippen LogP contribution in [0.5, 0.6) is 0 Å². The summed E-state index contributed by atoms with van der Waals surface area (Å²) in [6.07, 6.45) is 9.10. The molecule has 4 aromatic heterocycles. The summed E-state index contributed by atoms with van der Waals surface area (Å²) in [5.74, 6) is 0.348. The quantitative estimate of drug-likeness (QED) is 0.496. The van der Waals surface area contributed by atoms with E-state index in [9.17, 15) is 5.26 Å². The zero-order valence-electron chi connectivity index (χ0n) is 15.0. The molecule has 28 heavy (non-hydrogen) atoms. The van der Waals surface area contributed by atoms with E-state index in [1.165, 1.54) is 0 Å². The lowest BCUT2D eigenvalue weighted by Crippen LogP contribution is -2.13. The van der Waals surface area contributed by atoms with Gasteiger partial charge in [0.1, 0.15) is 17.5 Å². The van der Waals surface area contributed by atoms with Gasteiger partial charge in [0.05, 0.1) is 23.4 Å². The van der Waals surface area contributed by atoms with Crippen LogP contribution in [0.2, 0.25) is 0 Å². The van der Waals surface area contributed by atoms with Gasteiger partial charge in [0.25, 0.3) is 0 Å². The average molecular weight is 371 g/mol. The molecular formula is C19H17N9. The second-order valence-corrected chi connectivity index (χ2v) is 6.23. The molecule has 9 heteroatoms. The van der Waals surface area contributed by atoms with Crippen LogP contribution < -0.4 is 16.8 Å². The Morgan fingerprint density at radius 1 is 1.14 bits per heavy atom. The van der Waals surface area contributed by atoms with Gasteiger partial charge in [-0.05, 0) is 25.1 Å². The topological polar surface area (TPSA) is 144 Å². The number of fused-ring (bicyclic) bond motifs is 1. The number of rotatable bonds is 4. The van der Waals surface area contributed by atoms with E-state index in [0.29, 0.717) is 5.82 Å². The summed E-state index contributed by atoms with van der Waals surface area (Å²) in [5, 5.41) is 13.6. The standard InChI is InChI=1S/C19H17N9/c1-11(25-18-13(7-20)17(21)26-19(22)27-18)15-10-28(12-3-2-5-23-8-12)16-4-6-24-9-14(15)16/h2-6,8-11H,1H3,(H5,21,22,25,26,27). The van der Waals surface area contributed by atoms with Crippen LogP contribution in [0.4, 0.5) is 17.6 Å². The van der Waals surface area contributed by atoms with Crippen molar-refractivity contribution in [2.24, 2.45) is 0 Å². The summed E-state index contributed by atoms with van der Waals surface area (Å²) in [6, 6.07) is 7.63. The number of nitrogens with two attached hydrogens (primary N) is 2. The van der Waals surface area contributed by atoms with Crippen molar-refractivity contribution < 1.29 is 0 Å². The van der Waals surface area contributed by atoms with Crippen LogP contribution in [0.3, 0.4) is 0 Å². The summed E-state index contributed by atoms with van der Waals surface area (Å²) in [6.45, 7) is 1.96. The summed E-state index contributed by atoms with van der Waals surface area (Å²) < 4.78 is 2.05. The van der Waals surface area contributed by atoms with E-state index < -0.39 is 0 Å². The smallest absolute Gasteiger partial charge is 0.224 e. The minimum atomic E-state index is -0.203. The number of nitrogens with one attached hydrogen (secondary N) is 1. The normalized spacial score (nSPS) is 11.9. The third kappa shape index (κ3) is 2.93. The molecule has 4 aromatic rings. The zero-order valence-corrected chi connectivity index (χ0v) is 15.0. The van der Waals surface area contributed by atoms with Crippen LogP contribution in [0.25, 0.3) is 16.6 Å². The lowest BCUT2D eigenvalue weighted by atomic mass is 10.1. The molecule has 0 aromatic carbocycles. The van der Waals surface area contributed by atoms with Crippen LogP contribution in [0.1, 0.15) is 24.1 Å². The molecule has 138 valence electrons. The fourth-order valence-electron chi connectivity index (χ4n) is 3.15. The second-order valence-electron chi connectivity index (χ2n) is 6.23. The first-order valence-corrected chi connectivity index (χ1v) is 8.53. The Morgan fingerprint density at radius 3 is 2.71 bits per heavy atom. The highest BCUT2D eigenvalue weighted by molar-refractivity contribution is 5.85. The van der Waals surface area contributed by atoms with E-state index in [1.54, 1.807) is 18.6 Å². The predicted octanol–water partition coefficient (Wildman–Crippen LogP) is 2.42. The largest absolute Gasteiger partial charge is 0.382 e. The Hall–Kier alpha value is -4.19. The Kier molecular flexibility index (Phi) is 4.21. The van der Waals surface area contributed by atoms with Crippen molar-refractivity contribution in [3.05, 3.63) is 60.3 Å². The molecule has 0 saturated carbocycles. The number of anilines is 3. The molecule has 0 amide bonds. The fourth-order valence-corrected chi connectivity index (χ4v) is 3.15. The number of hydrogen-bond donors (Lipinski definition) is 3. The number of nitrogen functional groups attached to an aromatic ring is 2. The molecule has 0 aliphatic carbocycles. The minimum Gasteiger partial charge on any atom is -0.382 e. The van der Waals surface area contributed by atoms with E-state index in [0.717, 1.165) is 22.2 Å². The molecule has 0 aliphatic heterocycles. The number of aromatic nitrogens is 5. The highest BCUT2D eigenvalue weighted by Crippen LogP contribution is 2.31. The number of nitriles is 1. The first kappa shape index (κ1) is 17.2. The van der Waals surface area contributed by atoms with Crippen LogP contribution in [-0.2, 0) is 0 Å². The van der Waals surface area contributed by atoms with Gasteiger partial charge in [-0.2, -0.15) is 15.2 Å². The Labute approximate surface area is 160 Å². The van der Waals surface area contributed by atoms with E-state index in [2.05, 4.69) is 25.3 Å². The molecule has 0 saturated heterocycles. The third-order valence-electron chi connectivity index (χ3n) is 4.45. The van der Waals surface area contributed by atoms with Crippen LogP contribution >= 0.6 is 0 Å². The number of nitrogens with zero attached hydrogens (tertiary/aromatic N) is 6. The molecule has 0 bridgehead atoms. The third-order valence-corrected chi connectivity index (χ3v) is 4.45. The average Bonchev–Trinajstić information content (AvgIpc) is 3.08. The van der Waals surface area contributed by atoms with Crippen molar-refractivity contribution in [1.29, 1.82) is 5.26 Å². The van der Waals surface area contributed by atoms with Gasteiger partial charge in [-0.15, -0.1) is 0 Å². The SMILES string of the molecule is CC(Nc1nc(N)nc(N)c1C#N)c1cn(-c2cccnc2)c2ccncc12. The molecule has 4 heterocycles. The Morgan fingerprint density at radius 2 is 1.96 bits per heavy atom. The van der Waals surface area contributed by atoms with Crippen molar-refractivity contribution in [2.75, 3.05) is 16.8 Å². The molecule has 5 N–H and O–H groups in total. The lowest BCUT2D eigenvalue weighted by Gasteiger charge is -2.15. The van der Waals surface area contributed by atoms with Gasteiger partial charge in [0.15, 0.2) is 5.82 Å². The van der Waals surface area contributed by atoms with Crippen molar-refractivity contribution in [3.63, 3.8) is 0 Å². The van der Waals surface area contributed by atoms with Gasteiger partial charge >= 0.3 is 0 Å². The van der Waals surface area contributed by atoms with E-state index in [1.807, 2.05) is 48.2 Å². The molecule has 0 fully saturated rings. The van der Waals surface area contributed by atoms with Crippen molar-refractivity contribution >= 4 is 28.5 Å². The number of pyridine rings is 2. The predicted molar refractivity (Wildman–Crippen MR) is 106 cm³/mol. The maximum Gasteiger partial charge on any atom is 0.224 e. The summed E-state index contributed by atoms with van der Waals surface area (Å²) >= 11 is 0. The molecule has 9 nitrogen and oxygen atoms in total. The van der Waals surface area contributed by atoms with E-state index in [-0.39, 0.29) is 23.4 Å². The van der Waals surface area contributed by atoms with Crippen LogP contribution in [0.15, 0.2) is 49.2 Å². The first-order valence-electron chi connectivity index (χ1n) is 8.53. The van der Waals surface area contributed by atoms with Gasteiger partial charge in [-0.1, -0.05) is 0 Å². The van der Waals surface area contributed by atoms with Gasteiger partial charge in [-0.3, -0.25) is 9.97 Å². The van der Waals surface area contributed by atoms with Gasteiger partial charge < -0.3 is 21.4 Å². The van der Waals surface area contributed by atoms with Crippen LogP contribution in [-0.4, -0.2) is 24.5 Å². The van der Waals surface area contributed by atoms with Crippen molar-refractivity contribution in [1.82, 2.24) is 24.5 Å². The van der Waals surface area contributed by atoms with Gasteiger partial charge in [-0.25, -0.2) is 0 Å². The van der Waals surface area contributed by atoms with Crippen molar-refractivity contribution in [2.45, 2.75) is 13.0 Å². The first-order chi connectivity index (χ1) is 13.6. The van der Waals surface area contributed by atoms with E-state index >= 15 is 0 Å². The van der Waals surface area contributed by atoms with Crippen molar-refractivity contribution in [3.8, 4) is 11.8 Å². The molecule has 1 atom stereocenters. The van der Waals surface area contributed by atoms with E-state index in [4.69, 9.17) is 11.5 Å². The van der Waals surface area contributed by atoms with Gasteiger partial charge in [0.2, 0.25) is 5.95 Å². The Bertz CT molecular complexity index is 1190. The van der Waals surface area contributed by atoms with Crippen LogP contribution in [0, 0.1) is 11.3 Å².